The molecule has 0 unspecified atom stereocenters. The van der Waals surface area contributed by atoms with Crippen LogP contribution < -0.4 is 14.8 Å². The number of amides is 1. The van der Waals surface area contributed by atoms with E-state index in [4.69, 9.17) is 32.7 Å². The lowest BCUT2D eigenvalue weighted by molar-refractivity contribution is -0.112. The van der Waals surface area contributed by atoms with Crippen LogP contribution in [-0.4, -0.2) is 13.0 Å². The highest BCUT2D eigenvalue weighted by Crippen LogP contribution is 2.38. The number of hydrogen-bond acceptors (Lipinski definition) is 4. The molecule has 0 fully saturated rings. The fraction of sp³-hybridized carbons (Fsp3) is 0.0833. The maximum atomic E-state index is 12.6. The highest BCUT2D eigenvalue weighted by molar-refractivity contribution is 9.10. The molecule has 0 saturated carbocycles. The Balaban J connectivity index is 1.84. The molecule has 0 spiro atoms. The number of halogens is 3. The van der Waals surface area contributed by atoms with Crippen LogP contribution in [0, 0.1) is 11.3 Å². The number of benzene rings is 3. The van der Waals surface area contributed by atoms with Crippen LogP contribution in [0.3, 0.4) is 0 Å². The van der Waals surface area contributed by atoms with Gasteiger partial charge in [-0.3, -0.25) is 4.79 Å². The van der Waals surface area contributed by atoms with Crippen molar-refractivity contribution in [1.82, 2.24) is 0 Å². The maximum Gasteiger partial charge on any atom is 0.266 e. The molecule has 0 aliphatic carbocycles. The zero-order valence-corrected chi connectivity index (χ0v) is 20.0. The number of nitrogens with zero attached hydrogens (tertiary/aromatic N) is 1. The zero-order valence-electron chi connectivity index (χ0n) is 16.9. The Bertz CT molecular complexity index is 1210. The second kappa shape index (κ2) is 11.1. The SMILES string of the molecule is COc1cc(/C=C(\C#N)C(=O)Nc2cccc(Cl)c2Cl)cc(Br)c1OCc1ccccc1. The summed E-state index contributed by atoms with van der Waals surface area (Å²) in [5.74, 6) is 0.357. The van der Waals surface area contributed by atoms with Gasteiger partial charge in [-0.1, -0.05) is 59.6 Å². The van der Waals surface area contributed by atoms with Crippen LogP contribution >= 0.6 is 39.1 Å². The third-order valence-corrected chi connectivity index (χ3v) is 5.76. The first-order valence-electron chi connectivity index (χ1n) is 9.34. The van der Waals surface area contributed by atoms with Crippen molar-refractivity contribution in [2.75, 3.05) is 12.4 Å². The van der Waals surface area contributed by atoms with Gasteiger partial charge in [0.1, 0.15) is 18.2 Å². The number of nitriles is 1. The summed E-state index contributed by atoms with van der Waals surface area (Å²) in [6, 6.07) is 19.9. The van der Waals surface area contributed by atoms with E-state index in [1.54, 1.807) is 30.3 Å². The van der Waals surface area contributed by atoms with Crippen molar-refractivity contribution in [3.63, 3.8) is 0 Å². The molecule has 0 aliphatic rings. The summed E-state index contributed by atoms with van der Waals surface area (Å²) in [5, 5.41) is 12.6. The second-order valence-corrected chi connectivity index (χ2v) is 8.17. The molecule has 3 rings (SSSR count). The fourth-order valence-corrected chi connectivity index (χ4v) is 3.72. The molecule has 0 aliphatic heterocycles. The largest absolute Gasteiger partial charge is 0.493 e. The van der Waals surface area contributed by atoms with Gasteiger partial charge in [-0.15, -0.1) is 0 Å². The Morgan fingerprint density at radius 1 is 1.16 bits per heavy atom. The highest BCUT2D eigenvalue weighted by atomic mass is 79.9. The molecule has 0 bridgehead atoms. The third-order valence-electron chi connectivity index (χ3n) is 4.35. The van der Waals surface area contributed by atoms with E-state index in [0.717, 1.165) is 5.56 Å². The van der Waals surface area contributed by atoms with E-state index in [0.29, 0.717) is 38.9 Å². The molecule has 3 aromatic rings. The molecule has 8 heteroatoms. The molecule has 3 aromatic carbocycles. The lowest BCUT2D eigenvalue weighted by Gasteiger charge is -2.14. The molecular formula is C24H17BrCl2N2O3. The number of carbonyl (C=O) groups excluding carboxylic acids is 1. The van der Waals surface area contributed by atoms with E-state index in [1.807, 2.05) is 36.4 Å². The average Bonchev–Trinajstić information content (AvgIpc) is 2.80. The van der Waals surface area contributed by atoms with Crippen LogP contribution in [0.25, 0.3) is 6.08 Å². The maximum absolute atomic E-state index is 12.6. The summed E-state index contributed by atoms with van der Waals surface area (Å²) in [5.41, 5.74) is 1.78. The van der Waals surface area contributed by atoms with Gasteiger partial charge in [-0.05, 0) is 57.4 Å². The van der Waals surface area contributed by atoms with E-state index in [9.17, 15) is 10.1 Å². The van der Waals surface area contributed by atoms with Crippen molar-refractivity contribution in [1.29, 1.82) is 5.26 Å². The van der Waals surface area contributed by atoms with Gasteiger partial charge in [0, 0.05) is 0 Å². The average molecular weight is 532 g/mol. The number of methoxy groups -OCH3 is 1. The predicted octanol–water partition coefficient (Wildman–Crippen LogP) is 6.89. The van der Waals surface area contributed by atoms with Gasteiger partial charge in [-0.2, -0.15) is 5.26 Å². The number of nitrogens with one attached hydrogen (secondary N) is 1. The molecule has 1 amide bonds. The molecule has 0 radical (unpaired) electrons. The van der Waals surface area contributed by atoms with Gasteiger partial charge < -0.3 is 14.8 Å². The normalized spacial score (nSPS) is 10.9. The number of ether oxygens (including phenoxy) is 2. The lowest BCUT2D eigenvalue weighted by Crippen LogP contribution is -2.13. The highest BCUT2D eigenvalue weighted by Gasteiger charge is 2.15. The minimum absolute atomic E-state index is 0.118. The molecular weight excluding hydrogens is 515 g/mol. The number of carbonyl (C=O) groups is 1. The van der Waals surface area contributed by atoms with Crippen molar-refractivity contribution in [3.8, 4) is 17.6 Å². The summed E-state index contributed by atoms with van der Waals surface area (Å²) in [7, 11) is 1.52. The molecule has 0 aromatic heterocycles. The van der Waals surface area contributed by atoms with Gasteiger partial charge in [0.25, 0.3) is 5.91 Å². The van der Waals surface area contributed by atoms with Gasteiger partial charge >= 0.3 is 0 Å². The summed E-state index contributed by atoms with van der Waals surface area (Å²) in [4.78, 5) is 12.6. The smallest absolute Gasteiger partial charge is 0.266 e. The van der Waals surface area contributed by atoms with Crippen LogP contribution in [0.5, 0.6) is 11.5 Å². The van der Waals surface area contributed by atoms with Gasteiger partial charge in [0.2, 0.25) is 0 Å². The Morgan fingerprint density at radius 2 is 1.91 bits per heavy atom. The number of anilines is 1. The molecule has 5 nitrogen and oxygen atoms in total. The molecule has 1 N–H and O–H groups in total. The first kappa shape index (κ1) is 23.7. The fourth-order valence-electron chi connectivity index (χ4n) is 2.80. The van der Waals surface area contributed by atoms with Crippen molar-refractivity contribution in [2.24, 2.45) is 0 Å². The van der Waals surface area contributed by atoms with E-state index < -0.39 is 5.91 Å². The molecule has 0 saturated heterocycles. The minimum Gasteiger partial charge on any atom is -0.493 e. The van der Waals surface area contributed by atoms with E-state index in [2.05, 4.69) is 21.2 Å². The Morgan fingerprint density at radius 3 is 2.59 bits per heavy atom. The lowest BCUT2D eigenvalue weighted by atomic mass is 10.1. The van der Waals surface area contributed by atoms with E-state index in [1.165, 1.54) is 13.2 Å². The third kappa shape index (κ3) is 5.83. The Hall–Kier alpha value is -2.98. The van der Waals surface area contributed by atoms with Gasteiger partial charge in [-0.25, -0.2) is 0 Å². The monoisotopic (exact) mass is 530 g/mol. The number of hydrogen-bond donors (Lipinski definition) is 1. The molecule has 32 heavy (non-hydrogen) atoms. The standard InChI is InChI=1S/C24H17BrCl2N2O3/c1-31-21-12-16(11-18(25)23(21)32-14-15-6-3-2-4-7-15)10-17(13-28)24(30)29-20-9-5-8-19(26)22(20)27/h2-12H,14H2,1H3,(H,29,30)/b17-10+. The van der Waals surface area contributed by atoms with Crippen LogP contribution in [-0.2, 0) is 11.4 Å². The molecule has 0 heterocycles. The summed E-state index contributed by atoms with van der Waals surface area (Å²) < 4.78 is 12.0. The first-order chi connectivity index (χ1) is 15.4. The summed E-state index contributed by atoms with van der Waals surface area (Å²) in [6.45, 7) is 0.358. The van der Waals surface area contributed by atoms with Crippen LogP contribution in [0.4, 0.5) is 5.69 Å². The van der Waals surface area contributed by atoms with Crippen molar-refractivity contribution >= 4 is 56.8 Å². The number of rotatable bonds is 7. The summed E-state index contributed by atoms with van der Waals surface area (Å²) in [6.07, 6.45) is 1.45. The van der Waals surface area contributed by atoms with Crippen molar-refractivity contribution < 1.29 is 14.3 Å². The topological polar surface area (TPSA) is 71.3 Å². The minimum atomic E-state index is -0.615. The summed E-state index contributed by atoms with van der Waals surface area (Å²) >= 11 is 15.6. The van der Waals surface area contributed by atoms with E-state index in [-0.39, 0.29) is 10.6 Å². The predicted molar refractivity (Wildman–Crippen MR) is 130 cm³/mol. The Labute approximate surface area is 204 Å². The molecule has 0 atom stereocenters. The van der Waals surface area contributed by atoms with Gasteiger partial charge in [0.05, 0.1) is 27.3 Å². The molecule has 162 valence electrons. The Kier molecular flexibility index (Phi) is 8.18. The first-order valence-corrected chi connectivity index (χ1v) is 10.9. The van der Waals surface area contributed by atoms with Crippen molar-refractivity contribution in [2.45, 2.75) is 6.61 Å². The van der Waals surface area contributed by atoms with Crippen LogP contribution in [0.2, 0.25) is 10.0 Å². The zero-order chi connectivity index (χ0) is 23.1. The van der Waals surface area contributed by atoms with Crippen LogP contribution in [0.15, 0.2) is 70.7 Å². The van der Waals surface area contributed by atoms with Crippen molar-refractivity contribution in [3.05, 3.63) is 91.9 Å². The van der Waals surface area contributed by atoms with Gasteiger partial charge in [0.15, 0.2) is 11.5 Å². The van der Waals surface area contributed by atoms with E-state index >= 15 is 0 Å². The quantitative estimate of drug-likeness (QED) is 0.266. The van der Waals surface area contributed by atoms with Crippen LogP contribution in [0.1, 0.15) is 11.1 Å². The second-order valence-electron chi connectivity index (χ2n) is 6.53.